The molecule has 5 heteroatoms. The summed E-state index contributed by atoms with van der Waals surface area (Å²) in [5.41, 5.74) is -0.282. The van der Waals surface area contributed by atoms with Crippen molar-refractivity contribution in [2.24, 2.45) is 15.6 Å². The zero-order valence-corrected chi connectivity index (χ0v) is 10.8. The molecule has 0 aromatic rings. The Kier molecular flexibility index (Phi) is 3.17. The number of hydrogen-bond acceptors (Lipinski definition) is 4. The van der Waals surface area contributed by atoms with Crippen molar-refractivity contribution >= 4 is 18.0 Å². The first-order valence-corrected chi connectivity index (χ1v) is 6.11. The van der Waals surface area contributed by atoms with Gasteiger partial charge in [0.2, 0.25) is 5.91 Å². The lowest BCUT2D eigenvalue weighted by Crippen LogP contribution is -2.52. The van der Waals surface area contributed by atoms with Gasteiger partial charge >= 0.3 is 0 Å². The van der Waals surface area contributed by atoms with Gasteiger partial charge in [-0.15, -0.1) is 5.10 Å². The van der Waals surface area contributed by atoms with Gasteiger partial charge < -0.3 is 9.80 Å². The molecule has 2 aliphatic heterocycles. The molecule has 17 heavy (non-hydrogen) atoms. The van der Waals surface area contributed by atoms with Crippen molar-refractivity contribution in [1.29, 1.82) is 0 Å². The molecule has 5 nitrogen and oxygen atoms in total. The lowest BCUT2D eigenvalue weighted by Gasteiger charge is -2.38. The quantitative estimate of drug-likeness (QED) is 0.629. The minimum Gasteiger partial charge on any atom is -0.355 e. The van der Waals surface area contributed by atoms with Gasteiger partial charge in [0.15, 0.2) is 0 Å². The lowest BCUT2D eigenvalue weighted by atomic mass is 9.94. The van der Waals surface area contributed by atoms with E-state index in [2.05, 4.69) is 15.1 Å². The van der Waals surface area contributed by atoms with Gasteiger partial charge in [0.1, 0.15) is 5.84 Å². The van der Waals surface area contributed by atoms with Crippen LogP contribution in [0.15, 0.2) is 10.2 Å². The normalized spacial score (nSPS) is 20.8. The molecule has 0 radical (unpaired) electrons. The lowest BCUT2D eigenvalue weighted by molar-refractivity contribution is -0.140. The van der Waals surface area contributed by atoms with Gasteiger partial charge in [0.05, 0.1) is 0 Å². The minimum atomic E-state index is -0.282. The van der Waals surface area contributed by atoms with E-state index >= 15 is 0 Å². The topological polar surface area (TPSA) is 48.3 Å². The fraction of sp³-hybridized carbons (Fsp3) is 0.750. The Bertz CT molecular complexity index is 359. The molecule has 1 saturated heterocycles. The van der Waals surface area contributed by atoms with E-state index in [9.17, 15) is 4.79 Å². The first kappa shape index (κ1) is 12.1. The molecule has 0 spiro atoms. The Hall–Kier alpha value is -1.39. The number of carbonyl (C=O) groups is 1. The molecule has 1 amide bonds. The maximum atomic E-state index is 12.1. The molecule has 2 heterocycles. The predicted octanol–water partition coefficient (Wildman–Crippen LogP) is 0.965. The van der Waals surface area contributed by atoms with Crippen LogP contribution in [-0.2, 0) is 4.79 Å². The smallest absolute Gasteiger partial charge is 0.228 e. The molecule has 0 N–H and O–H groups in total. The number of amidine groups is 1. The van der Waals surface area contributed by atoms with Crippen molar-refractivity contribution in [3.8, 4) is 0 Å². The zero-order valence-electron chi connectivity index (χ0n) is 10.8. The molecule has 2 rings (SSSR count). The first-order chi connectivity index (χ1) is 7.98. The first-order valence-electron chi connectivity index (χ1n) is 6.11. The van der Waals surface area contributed by atoms with E-state index in [0.29, 0.717) is 0 Å². The second-order valence-electron chi connectivity index (χ2n) is 5.55. The van der Waals surface area contributed by atoms with Crippen LogP contribution in [0.5, 0.6) is 0 Å². The van der Waals surface area contributed by atoms with E-state index in [-0.39, 0.29) is 11.3 Å². The second kappa shape index (κ2) is 4.47. The van der Waals surface area contributed by atoms with E-state index in [1.807, 2.05) is 31.9 Å². The molecule has 2 aliphatic rings. The fourth-order valence-corrected chi connectivity index (χ4v) is 2.11. The van der Waals surface area contributed by atoms with E-state index in [4.69, 9.17) is 0 Å². The highest BCUT2D eigenvalue weighted by molar-refractivity contribution is 5.96. The maximum absolute atomic E-state index is 12.1. The number of rotatable bonds is 0. The fourth-order valence-electron chi connectivity index (χ4n) is 2.11. The van der Waals surface area contributed by atoms with Crippen molar-refractivity contribution in [2.45, 2.75) is 27.2 Å². The Morgan fingerprint density at radius 3 is 2.35 bits per heavy atom. The van der Waals surface area contributed by atoms with Crippen molar-refractivity contribution in [3.05, 3.63) is 0 Å². The molecular formula is C12H20N4O. The highest BCUT2D eigenvalue weighted by Crippen LogP contribution is 2.19. The Balaban J connectivity index is 1.88. The van der Waals surface area contributed by atoms with Crippen molar-refractivity contribution in [1.82, 2.24) is 9.80 Å². The highest BCUT2D eigenvalue weighted by Gasteiger charge is 2.30. The Labute approximate surface area is 102 Å². The summed E-state index contributed by atoms with van der Waals surface area (Å²) in [6.45, 7) is 9.21. The monoisotopic (exact) mass is 236 g/mol. The summed E-state index contributed by atoms with van der Waals surface area (Å²) in [5, 5.41) is 7.96. The summed E-state index contributed by atoms with van der Waals surface area (Å²) in [4.78, 5) is 16.3. The average molecular weight is 236 g/mol. The number of carbonyl (C=O) groups excluding carboxylic acids is 1. The standard InChI is InChI=1S/C12H20N4O/c1-12(2,3)11(17)16-8-6-15(7-9-16)10-4-5-13-14-10/h5H,4,6-9H2,1-3H3. The highest BCUT2D eigenvalue weighted by atomic mass is 16.2. The van der Waals surface area contributed by atoms with Gasteiger partial charge in [-0.05, 0) is 0 Å². The van der Waals surface area contributed by atoms with Crippen LogP contribution in [0.4, 0.5) is 0 Å². The molecule has 0 atom stereocenters. The van der Waals surface area contributed by atoms with Gasteiger partial charge in [-0.25, -0.2) is 0 Å². The number of piperazine rings is 1. The summed E-state index contributed by atoms with van der Waals surface area (Å²) < 4.78 is 0. The van der Waals surface area contributed by atoms with Gasteiger partial charge in [-0.3, -0.25) is 4.79 Å². The van der Waals surface area contributed by atoms with Crippen molar-refractivity contribution < 1.29 is 4.79 Å². The van der Waals surface area contributed by atoms with Gasteiger partial charge in [0, 0.05) is 44.2 Å². The van der Waals surface area contributed by atoms with Crippen LogP contribution in [0.1, 0.15) is 27.2 Å². The van der Waals surface area contributed by atoms with E-state index in [0.717, 1.165) is 38.4 Å². The van der Waals surface area contributed by atoms with Crippen LogP contribution in [0, 0.1) is 5.41 Å². The molecular weight excluding hydrogens is 216 g/mol. The molecule has 0 aromatic carbocycles. The van der Waals surface area contributed by atoms with Gasteiger partial charge in [-0.1, -0.05) is 20.8 Å². The van der Waals surface area contributed by atoms with E-state index < -0.39 is 0 Å². The van der Waals surface area contributed by atoms with Crippen LogP contribution in [0.3, 0.4) is 0 Å². The molecule has 0 aliphatic carbocycles. The molecule has 0 unspecified atom stereocenters. The Morgan fingerprint density at radius 2 is 1.88 bits per heavy atom. The third-order valence-electron chi connectivity index (χ3n) is 3.10. The summed E-state index contributed by atoms with van der Waals surface area (Å²) in [7, 11) is 0. The molecule has 0 bridgehead atoms. The number of amides is 1. The largest absolute Gasteiger partial charge is 0.355 e. The third kappa shape index (κ3) is 2.65. The van der Waals surface area contributed by atoms with Gasteiger partial charge in [0.25, 0.3) is 0 Å². The maximum Gasteiger partial charge on any atom is 0.228 e. The molecule has 0 aromatic heterocycles. The summed E-state index contributed by atoms with van der Waals surface area (Å²) >= 11 is 0. The molecule has 94 valence electrons. The Morgan fingerprint density at radius 1 is 1.24 bits per heavy atom. The predicted molar refractivity (Wildman–Crippen MR) is 68.2 cm³/mol. The van der Waals surface area contributed by atoms with Crippen LogP contribution < -0.4 is 0 Å². The zero-order chi connectivity index (χ0) is 12.5. The summed E-state index contributed by atoms with van der Waals surface area (Å²) in [6, 6.07) is 0. The molecule has 0 saturated carbocycles. The molecule has 1 fully saturated rings. The minimum absolute atomic E-state index is 0.238. The van der Waals surface area contributed by atoms with Crippen molar-refractivity contribution in [3.63, 3.8) is 0 Å². The van der Waals surface area contributed by atoms with E-state index in [1.165, 1.54) is 0 Å². The van der Waals surface area contributed by atoms with Crippen LogP contribution >= 0.6 is 0 Å². The van der Waals surface area contributed by atoms with Crippen LogP contribution in [0.2, 0.25) is 0 Å². The number of hydrogen-bond donors (Lipinski definition) is 0. The second-order valence-corrected chi connectivity index (χ2v) is 5.55. The number of nitrogens with zero attached hydrogens (tertiary/aromatic N) is 4. The van der Waals surface area contributed by atoms with Gasteiger partial charge in [-0.2, -0.15) is 5.10 Å². The average Bonchev–Trinajstić information content (AvgIpc) is 2.80. The third-order valence-corrected chi connectivity index (χ3v) is 3.10. The van der Waals surface area contributed by atoms with Crippen molar-refractivity contribution in [2.75, 3.05) is 26.2 Å². The summed E-state index contributed by atoms with van der Waals surface area (Å²) in [6.07, 6.45) is 2.65. The SMILES string of the molecule is CC(C)(C)C(=O)N1CCN(C2=NN=CC2)CC1. The van der Waals surface area contributed by atoms with Crippen LogP contribution in [-0.4, -0.2) is 53.9 Å². The van der Waals surface area contributed by atoms with Crippen LogP contribution in [0.25, 0.3) is 0 Å². The van der Waals surface area contributed by atoms with E-state index in [1.54, 1.807) is 0 Å². The summed E-state index contributed by atoms with van der Waals surface area (Å²) in [5.74, 6) is 1.27.